The smallest absolute Gasteiger partial charge is 0.265 e. The molecular formula is C20H19N3O4S. The van der Waals surface area contributed by atoms with Crippen LogP contribution in [-0.2, 0) is 15.2 Å². The molecule has 2 aromatic carbocycles. The number of rotatable bonds is 5. The molecule has 3 N–H and O–H groups in total. The Labute approximate surface area is 166 Å². The number of aryl methyl sites for hydroxylation is 1. The number of amides is 2. The van der Waals surface area contributed by atoms with Crippen molar-refractivity contribution < 1.29 is 19.4 Å². The molecule has 2 amide bonds. The molecule has 0 fully saturated rings. The minimum atomic E-state index is -2.01. The average Bonchev–Trinajstić information content (AvgIpc) is 3.13. The maximum absolute atomic E-state index is 13.2. The number of benzene rings is 2. The first-order chi connectivity index (χ1) is 13.4. The van der Waals surface area contributed by atoms with E-state index in [0.717, 1.165) is 23.1 Å². The van der Waals surface area contributed by atoms with Gasteiger partial charge in [0.05, 0.1) is 12.2 Å². The lowest BCUT2D eigenvalue weighted by molar-refractivity contribution is -0.140. The molecule has 2 unspecified atom stereocenters. The molecule has 8 heteroatoms. The van der Waals surface area contributed by atoms with Crippen LogP contribution in [0.3, 0.4) is 0 Å². The van der Waals surface area contributed by atoms with Crippen molar-refractivity contribution in [2.75, 3.05) is 18.1 Å². The van der Waals surface area contributed by atoms with Crippen LogP contribution in [0.15, 0.2) is 53.5 Å². The maximum Gasteiger partial charge on any atom is 0.265 e. The highest BCUT2D eigenvalue weighted by Crippen LogP contribution is 2.47. The molecule has 0 aliphatic carbocycles. The topological polar surface area (TPSA) is 105 Å². The summed E-state index contributed by atoms with van der Waals surface area (Å²) >= 11 is 0.911. The zero-order valence-corrected chi connectivity index (χ0v) is 16.0. The van der Waals surface area contributed by atoms with Gasteiger partial charge in [0.2, 0.25) is 0 Å². The van der Waals surface area contributed by atoms with Crippen LogP contribution in [0, 0.1) is 6.92 Å². The van der Waals surface area contributed by atoms with Gasteiger partial charge in [-0.1, -0.05) is 48.2 Å². The normalized spacial score (nSPS) is 23.7. The van der Waals surface area contributed by atoms with Gasteiger partial charge in [-0.2, -0.15) is 4.99 Å². The highest BCUT2D eigenvalue weighted by molar-refractivity contribution is 8.15. The minimum Gasteiger partial charge on any atom is -0.491 e. The zero-order chi connectivity index (χ0) is 19.9. The van der Waals surface area contributed by atoms with Crippen molar-refractivity contribution in [2.45, 2.75) is 17.8 Å². The molecule has 0 saturated heterocycles. The first-order valence-corrected chi connectivity index (χ1v) is 9.68. The lowest BCUT2D eigenvalue weighted by atomic mass is 9.91. The van der Waals surface area contributed by atoms with E-state index in [4.69, 9.17) is 10.5 Å². The molecule has 2 aliphatic rings. The van der Waals surface area contributed by atoms with Crippen LogP contribution in [-0.4, -0.2) is 40.5 Å². The van der Waals surface area contributed by atoms with Gasteiger partial charge in [-0.05, 0) is 24.6 Å². The number of fused-ring (bicyclic) bond motifs is 1. The summed E-state index contributed by atoms with van der Waals surface area (Å²) in [5.41, 5.74) is 5.56. The van der Waals surface area contributed by atoms with Gasteiger partial charge in [0.1, 0.15) is 17.6 Å². The quantitative estimate of drug-likeness (QED) is 0.793. The number of nitrogens with zero attached hydrogens (tertiary/aromatic N) is 2. The van der Waals surface area contributed by atoms with Crippen molar-refractivity contribution in [3.8, 4) is 5.75 Å². The molecule has 0 spiro atoms. The van der Waals surface area contributed by atoms with Crippen molar-refractivity contribution in [2.24, 2.45) is 10.7 Å². The number of hydrogen-bond acceptors (Lipinski definition) is 6. The third-order valence-electron chi connectivity index (χ3n) is 4.91. The predicted molar refractivity (Wildman–Crippen MR) is 107 cm³/mol. The molecular weight excluding hydrogens is 378 g/mol. The number of thioether (sulfide) groups is 1. The lowest BCUT2D eigenvalue weighted by Gasteiger charge is -2.26. The fourth-order valence-electron chi connectivity index (χ4n) is 3.53. The largest absolute Gasteiger partial charge is 0.491 e. The van der Waals surface area contributed by atoms with Crippen LogP contribution in [0.2, 0.25) is 0 Å². The summed E-state index contributed by atoms with van der Waals surface area (Å²) in [7, 11) is 0. The molecule has 0 bridgehead atoms. The van der Waals surface area contributed by atoms with E-state index in [2.05, 4.69) is 4.99 Å². The van der Waals surface area contributed by atoms with Gasteiger partial charge in [-0.15, -0.1) is 0 Å². The molecule has 2 atom stereocenters. The maximum atomic E-state index is 13.2. The molecule has 144 valence electrons. The van der Waals surface area contributed by atoms with E-state index >= 15 is 0 Å². The van der Waals surface area contributed by atoms with Crippen LogP contribution < -0.4 is 15.4 Å². The van der Waals surface area contributed by atoms with Gasteiger partial charge in [-0.25, -0.2) is 0 Å². The fraction of sp³-hybridized carbons (Fsp3) is 0.250. The Kier molecular flexibility index (Phi) is 4.60. The Balaban J connectivity index is 1.59. The van der Waals surface area contributed by atoms with Crippen molar-refractivity contribution in [1.29, 1.82) is 0 Å². The van der Waals surface area contributed by atoms with Gasteiger partial charge in [0.25, 0.3) is 11.8 Å². The number of anilines is 1. The molecule has 0 saturated carbocycles. The van der Waals surface area contributed by atoms with Crippen molar-refractivity contribution in [3.63, 3.8) is 0 Å². The summed E-state index contributed by atoms with van der Waals surface area (Å²) in [6.45, 7) is 2.41. The monoisotopic (exact) mass is 397 g/mol. The second kappa shape index (κ2) is 6.96. The Hall–Kier alpha value is -2.84. The van der Waals surface area contributed by atoms with Crippen LogP contribution in [0.5, 0.6) is 5.75 Å². The summed E-state index contributed by atoms with van der Waals surface area (Å²) in [4.78, 5) is 30.5. The number of carbonyl (C=O) groups excluding carboxylic acids is 2. The molecule has 7 nitrogen and oxygen atoms in total. The SMILES string of the molecule is Cc1ccccc1OCCN1C(=O)C(O)(C2SC(N)=NC2=O)c2ccccc21. The van der Waals surface area contributed by atoms with Crippen molar-refractivity contribution in [1.82, 2.24) is 0 Å². The minimum absolute atomic E-state index is 0.0510. The second-order valence-corrected chi connectivity index (χ2v) is 7.77. The number of aliphatic hydroxyl groups is 1. The Morgan fingerprint density at radius 2 is 1.93 bits per heavy atom. The summed E-state index contributed by atoms with van der Waals surface area (Å²) in [6, 6.07) is 14.5. The van der Waals surface area contributed by atoms with E-state index < -0.39 is 22.7 Å². The van der Waals surface area contributed by atoms with E-state index in [0.29, 0.717) is 11.3 Å². The highest BCUT2D eigenvalue weighted by atomic mass is 32.2. The summed E-state index contributed by atoms with van der Waals surface area (Å²) in [5, 5.41) is 10.3. The summed E-state index contributed by atoms with van der Waals surface area (Å²) in [6.07, 6.45) is 0. The van der Waals surface area contributed by atoms with E-state index in [9.17, 15) is 14.7 Å². The van der Waals surface area contributed by atoms with E-state index in [1.54, 1.807) is 24.3 Å². The molecule has 2 aliphatic heterocycles. The molecule has 2 heterocycles. The van der Waals surface area contributed by atoms with E-state index in [1.807, 2.05) is 31.2 Å². The second-order valence-electron chi connectivity index (χ2n) is 6.64. The Morgan fingerprint density at radius 3 is 2.64 bits per heavy atom. The van der Waals surface area contributed by atoms with Crippen LogP contribution in [0.25, 0.3) is 0 Å². The third kappa shape index (κ3) is 2.85. The van der Waals surface area contributed by atoms with Gasteiger partial charge in [0, 0.05) is 5.56 Å². The number of aliphatic imine (C=N–C) groups is 1. The Morgan fingerprint density at radius 1 is 1.21 bits per heavy atom. The Bertz CT molecular complexity index is 993. The zero-order valence-electron chi connectivity index (χ0n) is 15.2. The van der Waals surface area contributed by atoms with Crippen LogP contribution >= 0.6 is 11.8 Å². The number of carbonyl (C=O) groups is 2. The standard InChI is InChI=1S/C20H19N3O4S/c1-12-6-2-5-9-15(12)27-11-10-23-14-8-4-3-7-13(14)20(26,18(23)25)16-17(24)22-19(21)28-16/h2-9,16,26H,10-11H2,1H3,(H2,21,22,24). The summed E-state index contributed by atoms with van der Waals surface area (Å²) < 4.78 is 5.80. The third-order valence-corrected chi connectivity index (χ3v) is 6.02. The number of para-hydroxylation sites is 2. The number of amidine groups is 1. The molecule has 28 heavy (non-hydrogen) atoms. The first-order valence-electron chi connectivity index (χ1n) is 8.80. The van der Waals surface area contributed by atoms with Crippen LogP contribution in [0.1, 0.15) is 11.1 Å². The van der Waals surface area contributed by atoms with E-state index in [-0.39, 0.29) is 18.3 Å². The van der Waals surface area contributed by atoms with Gasteiger partial charge >= 0.3 is 0 Å². The molecule has 4 rings (SSSR count). The predicted octanol–water partition coefficient (Wildman–Crippen LogP) is 1.56. The number of nitrogens with two attached hydrogens (primary N) is 1. The first kappa shape index (κ1) is 18.5. The molecule has 0 aromatic heterocycles. The molecule has 2 aromatic rings. The number of ether oxygens (including phenoxy) is 1. The van der Waals surface area contributed by atoms with Gasteiger partial charge in [0.15, 0.2) is 10.8 Å². The fourth-order valence-corrected chi connectivity index (χ4v) is 4.47. The number of hydrogen-bond donors (Lipinski definition) is 2. The summed E-state index contributed by atoms with van der Waals surface area (Å²) in [5.74, 6) is -0.440. The van der Waals surface area contributed by atoms with Crippen molar-refractivity contribution >= 4 is 34.4 Å². The van der Waals surface area contributed by atoms with Crippen molar-refractivity contribution in [3.05, 3.63) is 59.7 Å². The molecule has 0 radical (unpaired) electrons. The lowest BCUT2D eigenvalue weighted by Crippen LogP contribution is -2.50. The van der Waals surface area contributed by atoms with Crippen LogP contribution in [0.4, 0.5) is 5.69 Å². The van der Waals surface area contributed by atoms with Gasteiger partial charge in [-0.3, -0.25) is 9.59 Å². The van der Waals surface area contributed by atoms with E-state index in [1.165, 1.54) is 4.90 Å². The highest BCUT2D eigenvalue weighted by Gasteiger charge is 2.59. The average molecular weight is 397 g/mol. The van der Waals surface area contributed by atoms with Gasteiger partial charge < -0.3 is 20.5 Å².